The maximum Gasteiger partial charge on any atom is 0.136 e. The van der Waals surface area contributed by atoms with Gasteiger partial charge in [0.1, 0.15) is 5.78 Å². The lowest BCUT2D eigenvalue weighted by atomic mass is 9.87. The average molecular weight is 220 g/mol. The Balaban J connectivity index is 1.71. The van der Waals surface area contributed by atoms with Gasteiger partial charge in [0.15, 0.2) is 0 Å². The number of nitrogens with one attached hydrogen (secondary N) is 1. The number of carbonyl (C=O) groups excluding carboxylic acids is 1. The highest BCUT2D eigenvalue weighted by Crippen LogP contribution is 2.32. The largest absolute Gasteiger partial charge is 0.311 e. The number of nitriles is 1. The van der Waals surface area contributed by atoms with Crippen molar-refractivity contribution in [1.82, 2.24) is 5.32 Å². The van der Waals surface area contributed by atoms with Crippen molar-refractivity contribution < 1.29 is 4.79 Å². The third-order valence-electron chi connectivity index (χ3n) is 3.89. The highest BCUT2D eigenvalue weighted by Gasteiger charge is 2.35. The number of piperidine rings is 1. The Morgan fingerprint density at radius 1 is 1.25 bits per heavy atom. The van der Waals surface area contributed by atoms with Gasteiger partial charge in [-0.1, -0.05) is 0 Å². The monoisotopic (exact) mass is 220 g/mol. The highest BCUT2D eigenvalue weighted by atomic mass is 16.1. The van der Waals surface area contributed by atoms with Gasteiger partial charge in [0.05, 0.1) is 6.07 Å². The Morgan fingerprint density at radius 2 is 1.94 bits per heavy atom. The number of carbonyl (C=O) groups is 1. The summed E-state index contributed by atoms with van der Waals surface area (Å²) in [6.45, 7) is 0. The van der Waals surface area contributed by atoms with Crippen LogP contribution >= 0.6 is 0 Å². The predicted molar refractivity (Wildman–Crippen MR) is 61.8 cm³/mol. The van der Waals surface area contributed by atoms with E-state index in [1.165, 1.54) is 12.8 Å². The molecule has 88 valence electrons. The molecule has 0 radical (unpaired) electrons. The van der Waals surface area contributed by atoms with Gasteiger partial charge in [-0.2, -0.15) is 5.26 Å². The molecular weight excluding hydrogens is 200 g/mol. The molecule has 2 aliphatic heterocycles. The molecule has 0 spiro atoms. The van der Waals surface area contributed by atoms with Crippen LogP contribution in [0.15, 0.2) is 0 Å². The van der Waals surface area contributed by atoms with Crippen LogP contribution in [-0.4, -0.2) is 17.9 Å². The fourth-order valence-electron chi connectivity index (χ4n) is 3.03. The number of ketones is 1. The van der Waals surface area contributed by atoms with E-state index in [1.54, 1.807) is 0 Å². The number of Topliss-reactive ketones (excluding diaryl/α,β-unsaturated/α-hetero) is 1. The first-order valence-electron chi connectivity index (χ1n) is 6.45. The van der Waals surface area contributed by atoms with Crippen LogP contribution in [0.4, 0.5) is 0 Å². The van der Waals surface area contributed by atoms with Crippen LogP contribution in [0.2, 0.25) is 0 Å². The van der Waals surface area contributed by atoms with Crippen molar-refractivity contribution in [2.75, 3.05) is 0 Å². The smallest absolute Gasteiger partial charge is 0.136 e. The molecule has 1 N–H and O–H groups in total. The van der Waals surface area contributed by atoms with E-state index in [1.807, 2.05) is 0 Å². The lowest BCUT2D eigenvalue weighted by Crippen LogP contribution is -2.40. The van der Waals surface area contributed by atoms with Gasteiger partial charge in [-0.3, -0.25) is 4.79 Å². The van der Waals surface area contributed by atoms with Gasteiger partial charge >= 0.3 is 0 Å². The Bertz CT molecular complexity index is 283. The predicted octanol–water partition coefficient (Wildman–Crippen LogP) is 2.17. The van der Waals surface area contributed by atoms with E-state index in [2.05, 4.69) is 11.4 Å². The second-order valence-electron chi connectivity index (χ2n) is 5.14. The minimum atomic E-state index is 0.306. The van der Waals surface area contributed by atoms with E-state index in [0.717, 1.165) is 25.7 Å². The molecule has 2 aliphatic rings. The Labute approximate surface area is 97.2 Å². The third-order valence-corrected chi connectivity index (χ3v) is 3.89. The van der Waals surface area contributed by atoms with Crippen molar-refractivity contribution in [1.29, 1.82) is 5.26 Å². The summed E-state index contributed by atoms with van der Waals surface area (Å²) in [6.07, 6.45) is 7.65. The Kier molecular flexibility index (Phi) is 3.95. The summed E-state index contributed by atoms with van der Waals surface area (Å²) in [4.78, 5) is 12.0. The number of fused-ring (bicyclic) bond motifs is 2. The fourth-order valence-corrected chi connectivity index (χ4v) is 3.03. The van der Waals surface area contributed by atoms with Gasteiger partial charge < -0.3 is 5.32 Å². The number of unbranched alkanes of at least 4 members (excludes halogenated alkanes) is 2. The molecule has 2 atom stereocenters. The third kappa shape index (κ3) is 2.82. The summed E-state index contributed by atoms with van der Waals surface area (Å²) in [6, 6.07) is 3.33. The van der Waals surface area contributed by atoms with E-state index >= 15 is 0 Å². The molecule has 2 unspecified atom stereocenters. The molecule has 2 bridgehead atoms. The molecule has 3 heteroatoms. The second-order valence-corrected chi connectivity index (χ2v) is 5.14. The SMILES string of the molecule is N#CCCCCC(=O)C1CC2CCC(C1)N2. The molecule has 2 saturated heterocycles. The normalized spacial score (nSPS) is 32.3. The van der Waals surface area contributed by atoms with Crippen LogP contribution < -0.4 is 5.32 Å². The number of nitrogens with zero attached hydrogens (tertiary/aromatic N) is 1. The molecule has 0 amide bonds. The molecule has 3 nitrogen and oxygen atoms in total. The molecule has 0 saturated carbocycles. The summed E-state index contributed by atoms with van der Waals surface area (Å²) in [5.74, 6) is 0.747. The molecule has 2 fully saturated rings. The van der Waals surface area contributed by atoms with Crippen molar-refractivity contribution in [2.45, 2.75) is 63.5 Å². The molecule has 2 heterocycles. The first-order valence-corrected chi connectivity index (χ1v) is 6.45. The van der Waals surface area contributed by atoms with E-state index in [0.29, 0.717) is 36.6 Å². The standard InChI is InChI=1S/C13H20N2O/c14-7-3-1-2-4-13(16)10-8-11-5-6-12(9-10)15-11/h10-12,15H,1-6,8-9H2. The topological polar surface area (TPSA) is 52.9 Å². The lowest BCUT2D eigenvalue weighted by molar-refractivity contribution is -0.124. The Morgan fingerprint density at radius 3 is 2.56 bits per heavy atom. The van der Waals surface area contributed by atoms with Crippen molar-refractivity contribution in [3.8, 4) is 6.07 Å². The number of rotatable bonds is 5. The van der Waals surface area contributed by atoms with Gasteiger partial charge in [0.2, 0.25) is 0 Å². The summed E-state index contributed by atoms with van der Waals surface area (Å²) < 4.78 is 0. The molecule has 0 aliphatic carbocycles. The fraction of sp³-hybridized carbons (Fsp3) is 0.846. The van der Waals surface area contributed by atoms with E-state index in [9.17, 15) is 4.79 Å². The van der Waals surface area contributed by atoms with Crippen molar-refractivity contribution in [2.24, 2.45) is 5.92 Å². The van der Waals surface area contributed by atoms with Gasteiger partial charge in [-0.25, -0.2) is 0 Å². The maximum atomic E-state index is 12.0. The van der Waals surface area contributed by atoms with Crippen LogP contribution in [0.25, 0.3) is 0 Å². The lowest BCUT2D eigenvalue weighted by Gasteiger charge is -2.28. The minimum absolute atomic E-state index is 0.306. The van der Waals surface area contributed by atoms with Crippen LogP contribution in [-0.2, 0) is 4.79 Å². The van der Waals surface area contributed by atoms with Crippen molar-refractivity contribution in [3.63, 3.8) is 0 Å². The van der Waals surface area contributed by atoms with Gasteiger partial charge in [0, 0.05) is 30.8 Å². The summed E-state index contributed by atoms with van der Waals surface area (Å²) >= 11 is 0. The summed E-state index contributed by atoms with van der Waals surface area (Å²) in [5.41, 5.74) is 0. The molecule has 0 aromatic heterocycles. The number of hydrogen-bond acceptors (Lipinski definition) is 3. The molecular formula is C13H20N2O. The molecule has 0 aromatic rings. The van der Waals surface area contributed by atoms with Crippen molar-refractivity contribution >= 4 is 5.78 Å². The molecule has 16 heavy (non-hydrogen) atoms. The quantitative estimate of drug-likeness (QED) is 0.722. The van der Waals surface area contributed by atoms with Crippen LogP contribution in [0.3, 0.4) is 0 Å². The van der Waals surface area contributed by atoms with Crippen molar-refractivity contribution in [3.05, 3.63) is 0 Å². The van der Waals surface area contributed by atoms with E-state index < -0.39 is 0 Å². The first kappa shape index (κ1) is 11.6. The van der Waals surface area contributed by atoms with Gasteiger partial charge in [0.25, 0.3) is 0 Å². The van der Waals surface area contributed by atoms with Gasteiger partial charge in [-0.05, 0) is 38.5 Å². The summed E-state index contributed by atoms with van der Waals surface area (Å²) in [5, 5.41) is 12.0. The number of hydrogen-bond donors (Lipinski definition) is 1. The second kappa shape index (κ2) is 5.45. The average Bonchev–Trinajstić information content (AvgIpc) is 2.63. The zero-order valence-electron chi connectivity index (χ0n) is 9.74. The highest BCUT2D eigenvalue weighted by molar-refractivity contribution is 5.81. The zero-order valence-corrected chi connectivity index (χ0v) is 9.74. The van der Waals surface area contributed by atoms with Crippen LogP contribution in [0.5, 0.6) is 0 Å². The van der Waals surface area contributed by atoms with Crippen LogP contribution in [0.1, 0.15) is 51.4 Å². The first-order chi connectivity index (χ1) is 7.79. The van der Waals surface area contributed by atoms with Crippen LogP contribution in [0, 0.1) is 17.2 Å². The van der Waals surface area contributed by atoms with E-state index in [4.69, 9.17) is 5.26 Å². The molecule has 0 aromatic carbocycles. The van der Waals surface area contributed by atoms with E-state index in [-0.39, 0.29) is 0 Å². The molecule has 2 rings (SSSR count). The minimum Gasteiger partial charge on any atom is -0.311 e. The zero-order chi connectivity index (χ0) is 11.4. The Hall–Kier alpha value is -0.880. The summed E-state index contributed by atoms with van der Waals surface area (Å²) in [7, 11) is 0. The maximum absolute atomic E-state index is 12.0. The van der Waals surface area contributed by atoms with Gasteiger partial charge in [-0.15, -0.1) is 0 Å².